The van der Waals surface area contributed by atoms with Crippen LogP contribution >= 0.6 is 50.7 Å². The molecule has 0 aliphatic carbocycles. The van der Waals surface area contributed by atoms with Gasteiger partial charge in [0.05, 0.1) is 27.0 Å². The molecule has 0 aliphatic rings. The van der Waals surface area contributed by atoms with E-state index in [0.29, 0.717) is 0 Å². The van der Waals surface area contributed by atoms with E-state index in [4.69, 9.17) is 34.8 Å². The molecule has 0 aromatic heterocycles. The van der Waals surface area contributed by atoms with E-state index in [-0.39, 0.29) is 39.2 Å². The molecule has 0 heterocycles. The summed E-state index contributed by atoms with van der Waals surface area (Å²) >= 11 is 21.7. The normalized spacial score (nSPS) is 13.1. The van der Waals surface area contributed by atoms with Crippen molar-refractivity contribution in [2.45, 2.75) is 45.8 Å². The maximum Gasteiger partial charge on any atom is 0.244 e. The highest BCUT2D eigenvalue weighted by atomic mass is 79.9. The molecular weight excluding hydrogens is 601 g/mol. The predicted molar refractivity (Wildman–Crippen MR) is 146 cm³/mol. The summed E-state index contributed by atoms with van der Waals surface area (Å²) in [5, 5.41) is 3.12. The Labute approximate surface area is 229 Å². The number of benzene rings is 2. The molecule has 0 saturated heterocycles. The van der Waals surface area contributed by atoms with Crippen molar-refractivity contribution in [2.75, 3.05) is 17.1 Å². The van der Waals surface area contributed by atoms with E-state index in [1.807, 2.05) is 38.1 Å². The summed E-state index contributed by atoms with van der Waals surface area (Å²) in [5.41, 5.74) is 0.778. The fourth-order valence-electron chi connectivity index (χ4n) is 3.13. The number of nitrogens with one attached hydrogen (secondary N) is 1. The lowest BCUT2D eigenvalue weighted by atomic mass is 10.1. The molecule has 0 radical (unpaired) electrons. The number of nitrogens with zero attached hydrogens (tertiary/aromatic N) is 2. The third-order valence-corrected chi connectivity index (χ3v) is 8.05. The molecule has 2 amide bonds. The maximum absolute atomic E-state index is 13.5. The van der Waals surface area contributed by atoms with Gasteiger partial charge in [0.2, 0.25) is 21.8 Å². The fraction of sp³-hybridized carbons (Fsp3) is 0.391. The fourth-order valence-corrected chi connectivity index (χ4v) is 4.94. The number of carbonyl (C=O) groups is 2. The Kier molecular flexibility index (Phi) is 10.7. The van der Waals surface area contributed by atoms with E-state index in [2.05, 4.69) is 21.2 Å². The van der Waals surface area contributed by atoms with Crippen molar-refractivity contribution in [3.8, 4) is 0 Å². The second-order valence-electron chi connectivity index (χ2n) is 8.13. The number of hydrogen-bond acceptors (Lipinski definition) is 4. The number of carbonyl (C=O) groups excluding carboxylic acids is 2. The third kappa shape index (κ3) is 8.25. The van der Waals surface area contributed by atoms with Crippen LogP contribution in [0.15, 0.2) is 40.9 Å². The van der Waals surface area contributed by atoms with Gasteiger partial charge >= 0.3 is 0 Å². The Bertz CT molecular complexity index is 1180. The number of rotatable bonds is 10. The van der Waals surface area contributed by atoms with Gasteiger partial charge < -0.3 is 10.2 Å². The van der Waals surface area contributed by atoms with Gasteiger partial charge in [-0.15, -0.1) is 0 Å². The van der Waals surface area contributed by atoms with Gasteiger partial charge in [-0.25, -0.2) is 8.42 Å². The van der Waals surface area contributed by atoms with Crippen LogP contribution in [0.3, 0.4) is 0 Å². The van der Waals surface area contributed by atoms with E-state index in [9.17, 15) is 18.0 Å². The van der Waals surface area contributed by atoms with Gasteiger partial charge in [-0.2, -0.15) is 0 Å². The van der Waals surface area contributed by atoms with Gasteiger partial charge in [0.1, 0.15) is 12.6 Å². The highest BCUT2D eigenvalue weighted by molar-refractivity contribution is 9.10. The van der Waals surface area contributed by atoms with Gasteiger partial charge in [0, 0.05) is 17.1 Å². The SMILES string of the molecule is CCC(C)NC(=O)C(C)N(Cc1ccc(Br)cc1)C(=O)CN(c1cc(Cl)c(Cl)cc1Cl)S(C)(=O)=O. The molecular formula is C23H27BrCl3N3O4S. The molecule has 0 spiro atoms. The minimum Gasteiger partial charge on any atom is -0.352 e. The van der Waals surface area contributed by atoms with Crippen LogP contribution in [-0.2, 0) is 26.2 Å². The number of sulfonamides is 1. The quantitative estimate of drug-likeness (QED) is 0.352. The molecule has 0 aliphatic heterocycles. The van der Waals surface area contributed by atoms with Crippen LogP contribution in [0.2, 0.25) is 15.1 Å². The summed E-state index contributed by atoms with van der Waals surface area (Å²) < 4.78 is 27.0. The highest BCUT2D eigenvalue weighted by Crippen LogP contribution is 2.35. The van der Waals surface area contributed by atoms with Crippen molar-refractivity contribution in [1.82, 2.24) is 10.2 Å². The molecule has 0 bridgehead atoms. The zero-order valence-corrected chi connectivity index (χ0v) is 24.4. The second-order valence-corrected chi connectivity index (χ2v) is 12.2. The zero-order valence-electron chi connectivity index (χ0n) is 19.7. The zero-order chi connectivity index (χ0) is 26.5. The first-order chi connectivity index (χ1) is 16.2. The molecule has 2 atom stereocenters. The molecule has 7 nitrogen and oxygen atoms in total. The first-order valence-electron chi connectivity index (χ1n) is 10.7. The van der Waals surface area contributed by atoms with Crippen molar-refractivity contribution in [1.29, 1.82) is 0 Å². The standard InChI is InChI=1S/C23H27BrCl3N3O4S/c1-5-14(2)28-23(32)15(3)29(12-16-6-8-17(24)9-7-16)22(31)13-30(35(4,33)34)21-11-19(26)18(25)10-20(21)27/h6-11,14-15H,5,12-13H2,1-4H3,(H,28,32). The molecule has 2 rings (SSSR count). The van der Waals surface area contributed by atoms with Gasteiger partial charge in [-0.05, 0) is 50.1 Å². The van der Waals surface area contributed by atoms with Gasteiger partial charge in [-0.3, -0.25) is 13.9 Å². The number of hydrogen-bond donors (Lipinski definition) is 1. The Hall–Kier alpha value is -1.52. The summed E-state index contributed by atoms with van der Waals surface area (Å²) in [7, 11) is -3.95. The van der Waals surface area contributed by atoms with E-state index in [0.717, 1.165) is 27.0 Å². The van der Waals surface area contributed by atoms with Crippen molar-refractivity contribution < 1.29 is 18.0 Å². The smallest absolute Gasteiger partial charge is 0.244 e. The average molecular weight is 628 g/mol. The molecule has 12 heteroatoms. The molecule has 0 saturated carbocycles. The predicted octanol–water partition coefficient (Wildman–Crippen LogP) is 5.51. The van der Waals surface area contributed by atoms with Crippen molar-refractivity contribution in [3.63, 3.8) is 0 Å². The molecule has 0 fully saturated rings. The maximum atomic E-state index is 13.5. The topological polar surface area (TPSA) is 86.8 Å². The van der Waals surface area contributed by atoms with Crippen LogP contribution in [0.4, 0.5) is 5.69 Å². The Morgan fingerprint density at radius 1 is 1.03 bits per heavy atom. The first kappa shape index (κ1) is 29.7. The Morgan fingerprint density at radius 3 is 2.14 bits per heavy atom. The lowest BCUT2D eigenvalue weighted by Crippen LogP contribution is -2.52. The van der Waals surface area contributed by atoms with Crippen molar-refractivity contribution in [3.05, 3.63) is 61.5 Å². The largest absolute Gasteiger partial charge is 0.352 e. The molecule has 2 unspecified atom stereocenters. The minimum absolute atomic E-state index is 0.0113. The average Bonchev–Trinajstić information content (AvgIpc) is 2.78. The third-order valence-electron chi connectivity index (χ3n) is 5.37. The Balaban J connectivity index is 2.45. The van der Waals surface area contributed by atoms with Crippen LogP contribution < -0.4 is 9.62 Å². The number of halogens is 4. The monoisotopic (exact) mass is 625 g/mol. The highest BCUT2D eigenvalue weighted by Gasteiger charge is 2.31. The second kappa shape index (κ2) is 12.6. The summed E-state index contributed by atoms with van der Waals surface area (Å²) in [6.07, 6.45) is 1.67. The van der Waals surface area contributed by atoms with Crippen LogP contribution in [-0.4, -0.2) is 50.0 Å². The van der Waals surface area contributed by atoms with Crippen molar-refractivity contribution in [2.24, 2.45) is 0 Å². The summed E-state index contributed by atoms with van der Waals surface area (Å²) in [4.78, 5) is 27.8. The van der Waals surface area contributed by atoms with E-state index >= 15 is 0 Å². The molecule has 192 valence electrons. The van der Waals surface area contributed by atoms with E-state index < -0.39 is 28.5 Å². The summed E-state index contributed by atoms with van der Waals surface area (Å²) in [6, 6.07) is 8.91. The van der Waals surface area contributed by atoms with Gasteiger partial charge in [0.15, 0.2) is 0 Å². The molecule has 1 N–H and O–H groups in total. The lowest BCUT2D eigenvalue weighted by Gasteiger charge is -2.32. The molecule has 35 heavy (non-hydrogen) atoms. The first-order valence-corrected chi connectivity index (χ1v) is 14.5. The van der Waals surface area contributed by atoms with E-state index in [1.54, 1.807) is 6.92 Å². The van der Waals surface area contributed by atoms with Crippen LogP contribution in [0.25, 0.3) is 0 Å². The van der Waals surface area contributed by atoms with Gasteiger partial charge in [0.25, 0.3) is 0 Å². The summed E-state index contributed by atoms with van der Waals surface area (Å²) in [5.74, 6) is -0.935. The van der Waals surface area contributed by atoms with Crippen molar-refractivity contribution >= 4 is 78.3 Å². The minimum atomic E-state index is -3.95. The number of amides is 2. The van der Waals surface area contributed by atoms with Crippen LogP contribution in [0, 0.1) is 0 Å². The lowest BCUT2D eigenvalue weighted by molar-refractivity contribution is -0.139. The van der Waals surface area contributed by atoms with Crippen LogP contribution in [0.5, 0.6) is 0 Å². The Morgan fingerprint density at radius 2 is 1.60 bits per heavy atom. The van der Waals surface area contributed by atoms with Gasteiger partial charge in [-0.1, -0.05) is 69.8 Å². The summed E-state index contributed by atoms with van der Waals surface area (Å²) in [6.45, 7) is 4.90. The van der Waals surface area contributed by atoms with E-state index in [1.165, 1.54) is 17.0 Å². The van der Waals surface area contributed by atoms with Crippen LogP contribution in [0.1, 0.15) is 32.8 Å². The molecule has 2 aromatic rings. The number of anilines is 1. The molecule has 2 aromatic carbocycles.